The SMILES string of the molecule is C=C(Br)C(F)(F)C(Sc1ccc(Br)cc1)c1ccc(Cl)cc1. The molecule has 0 spiro atoms. The summed E-state index contributed by atoms with van der Waals surface area (Å²) < 4.78 is 29.7. The maximum atomic E-state index is 14.6. The molecule has 22 heavy (non-hydrogen) atoms. The van der Waals surface area contributed by atoms with Gasteiger partial charge < -0.3 is 0 Å². The molecular formula is C16H11Br2ClF2S. The number of rotatable bonds is 5. The summed E-state index contributed by atoms with van der Waals surface area (Å²) in [5.41, 5.74) is 0.489. The van der Waals surface area contributed by atoms with Gasteiger partial charge in [-0.25, -0.2) is 0 Å². The van der Waals surface area contributed by atoms with Crippen molar-refractivity contribution < 1.29 is 8.78 Å². The summed E-state index contributed by atoms with van der Waals surface area (Å²) >= 11 is 13.1. The minimum Gasteiger partial charge on any atom is -0.199 e. The molecule has 2 aromatic carbocycles. The molecule has 0 bridgehead atoms. The normalized spacial score (nSPS) is 13.0. The molecule has 1 unspecified atom stereocenters. The molecule has 0 amide bonds. The van der Waals surface area contributed by atoms with Crippen molar-refractivity contribution in [3.8, 4) is 0 Å². The van der Waals surface area contributed by atoms with Gasteiger partial charge in [0.05, 0.1) is 4.48 Å². The van der Waals surface area contributed by atoms with Gasteiger partial charge in [-0.1, -0.05) is 46.2 Å². The van der Waals surface area contributed by atoms with Gasteiger partial charge >= 0.3 is 0 Å². The van der Waals surface area contributed by atoms with E-state index in [0.29, 0.717) is 10.6 Å². The molecule has 0 aliphatic heterocycles. The number of allylic oxidation sites excluding steroid dienone is 1. The Morgan fingerprint density at radius 3 is 2.14 bits per heavy atom. The smallest absolute Gasteiger partial charge is 0.199 e. The van der Waals surface area contributed by atoms with Crippen molar-refractivity contribution in [3.05, 3.63) is 74.7 Å². The van der Waals surface area contributed by atoms with Crippen LogP contribution in [0.25, 0.3) is 0 Å². The second-order valence-corrected chi connectivity index (χ2v) is 8.02. The summed E-state index contributed by atoms with van der Waals surface area (Å²) in [5, 5.41) is -0.588. The predicted octanol–water partition coefficient (Wildman–Crippen LogP) is 7.48. The third kappa shape index (κ3) is 4.34. The zero-order valence-electron chi connectivity index (χ0n) is 11.2. The second-order valence-electron chi connectivity index (χ2n) is 4.53. The monoisotopic (exact) mass is 466 g/mol. The van der Waals surface area contributed by atoms with Crippen molar-refractivity contribution in [2.75, 3.05) is 0 Å². The molecule has 0 aliphatic carbocycles. The lowest BCUT2D eigenvalue weighted by molar-refractivity contribution is 0.0493. The van der Waals surface area contributed by atoms with Gasteiger partial charge in [-0.2, -0.15) is 8.78 Å². The van der Waals surface area contributed by atoms with Gasteiger partial charge in [0.25, 0.3) is 5.92 Å². The number of benzene rings is 2. The molecule has 6 heteroatoms. The molecule has 0 fully saturated rings. The van der Waals surface area contributed by atoms with Gasteiger partial charge in [0.2, 0.25) is 0 Å². The molecular weight excluding hydrogens is 458 g/mol. The fraction of sp³-hybridized carbons (Fsp3) is 0.125. The maximum Gasteiger partial charge on any atom is 0.294 e. The number of hydrogen-bond donors (Lipinski definition) is 0. The largest absolute Gasteiger partial charge is 0.294 e. The van der Waals surface area contributed by atoms with E-state index >= 15 is 0 Å². The number of alkyl halides is 2. The van der Waals surface area contributed by atoms with Gasteiger partial charge in [-0.3, -0.25) is 0 Å². The fourth-order valence-electron chi connectivity index (χ4n) is 1.78. The van der Waals surface area contributed by atoms with Crippen LogP contribution in [0.1, 0.15) is 10.8 Å². The summed E-state index contributed by atoms with van der Waals surface area (Å²) in [7, 11) is 0. The molecule has 0 aromatic heterocycles. The lowest BCUT2D eigenvalue weighted by Gasteiger charge is -2.26. The third-order valence-corrected chi connectivity index (χ3v) is 5.59. The number of halogens is 5. The molecule has 0 saturated carbocycles. The van der Waals surface area contributed by atoms with Crippen molar-refractivity contribution in [2.45, 2.75) is 16.1 Å². The molecule has 1 atom stereocenters. The van der Waals surface area contributed by atoms with Crippen LogP contribution in [0.5, 0.6) is 0 Å². The van der Waals surface area contributed by atoms with Gasteiger partial charge in [0.15, 0.2) is 0 Å². The average molecular weight is 469 g/mol. The highest BCUT2D eigenvalue weighted by atomic mass is 79.9. The van der Waals surface area contributed by atoms with Crippen LogP contribution in [-0.2, 0) is 0 Å². The Labute approximate surface area is 154 Å². The van der Waals surface area contributed by atoms with E-state index in [1.54, 1.807) is 36.4 Å². The van der Waals surface area contributed by atoms with E-state index in [-0.39, 0.29) is 4.48 Å². The molecule has 0 radical (unpaired) electrons. The average Bonchev–Trinajstić information content (AvgIpc) is 2.47. The van der Waals surface area contributed by atoms with Crippen LogP contribution in [0, 0.1) is 0 Å². The van der Waals surface area contributed by atoms with E-state index in [0.717, 1.165) is 21.1 Å². The Morgan fingerprint density at radius 2 is 1.64 bits per heavy atom. The fourth-order valence-corrected chi connectivity index (χ4v) is 3.70. The first kappa shape index (κ1) is 18.0. The predicted molar refractivity (Wildman–Crippen MR) is 97.2 cm³/mol. The first-order valence-corrected chi connectivity index (χ1v) is 9.05. The standard InChI is InChI=1S/C16H11Br2ClF2S/c1-10(17)16(20,21)15(11-2-6-13(19)7-3-11)22-14-8-4-12(18)5-9-14/h2-9,15H,1H2. The Hall–Kier alpha value is -0.360. The highest BCUT2D eigenvalue weighted by Crippen LogP contribution is 2.50. The van der Waals surface area contributed by atoms with Crippen LogP contribution in [-0.4, -0.2) is 5.92 Å². The van der Waals surface area contributed by atoms with Crippen molar-refractivity contribution in [1.82, 2.24) is 0 Å². The van der Waals surface area contributed by atoms with E-state index in [1.165, 1.54) is 0 Å². The molecule has 116 valence electrons. The molecule has 0 nitrogen and oxygen atoms in total. The maximum absolute atomic E-state index is 14.6. The summed E-state index contributed by atoms with van der Waals surface area (Å²) in [6.45, 7) is 3.37. The minimum atomic E-state index is -3.11. The highest BCUT2D eigenvalue weighted by molar-refractivity contribution is 9.11. The molecule has 2 rings (SSSR count). The Bertz CT molecular complexity index is 657. The number of thioether (sulfide) groups is 1. The summed E-state index contributed by atoms with van der Waals surface area (Å²) in [5.74, 6) is -3.11. The van der Waals surface area contributed by atoms with E-state index in [9.17, 15) is 8.78 Å². The van der Waals surface area contributed by atoms with Crippen molar-refractivity contribution in [3.63, 3.8) is 0 Å². The van der Waals surface area contributed by atoms with Gasteiger partial charge in [0.1, 0.15) is 5.25 Å². The van der Waals surface area contributed by atoms with Crippen LogP contribution in [0.4, 0.5) is 8.78 Å². The topological polar surface area (TPSA) is 0 Å². The zero-order chi connectivity index (χ0) is 16.3. The van der Waals surface area contributed by atoms with Crippen molar-refractivity contribution >= 4 is 55.2 Å². The summed E-state index contributed by atoms with van der Waals surface area (Å²) in [6.07, 6.45) is 0. The van der Waals surface area contributed by atoms with E-state index in [2.05, 4.69) is 38.4 Å². The van der Waals surface area contributed by atoms with Crippen LogP contribution >= 0.6 is 55.2 Å². The van der Waals surface area contributed by atoms with Crippen LogP contribution in [0.15, 0.2) is 69.0 Å². The lowest BCUT2D eigenvalue weighted by atomic mass is 10.1. The highest BCUT2D eigenvalue weighted by Gasteiger charge is 2.43. The Morgan fingerprint density at radius 1 is 1.09 bits per heavy atom. The van der Waals surface area contributed by atoms with Gasteiger partial charge in [-0.05, 0) is 57.9 Å². The molecule has 0 N–H and O–H groups in total. The van der Waals surface area contributed by atoms with Gasteiger partial charge in [-0.15, -0.1) is 11.8 Å². The van der Waals surface area contributed by atoms with Crippen molar-refractivity contribution in [1.29, 1.82) is 0 Å². The van der Waals surface area contributed by atoms with E-state index in [1.807, 2.05) is 12.1 Å². The second kappa shape index (κ2) is 7.47. The Balaban J connectivity index is 2.39. The molecule has 0 saturated heterocycles. The van der Waals surface area contributed by atoms with E-state index in [4.69, 9.17) is 11.6 Å². The third-order valence-electron chi connectivity index (χ3n) is 2.93. The molecule has 0 heterocycles. The zero-order valence-corrected chi connectivity index (χ0v) is 15.9. The first-order valence-electron chi connectivity index (χ1n) is 6.21. The molecule has 0 aliphatic rings. The quantitative estimate of drug-likeness (QED) is 0.410. The Kier molecular flexibility index (Phi) is 6.11. The van der Waals surface area contributed by atoms with Crippen LogP contribution in [0.3, 0.4) is 0 Å². The number of hydrogen-bond acceptors (Lipinski definition) is 1. The first-order chi connectivity index (χ1) is 10.3. The molecule has 2 aromatic rings. The summed E-state index contributed by atoms with van der Waals surface area (Å²) in [6, 6.07) is 13.7. The van der Waals surface area contributed by atoms with Crippen LogP contribution < -0.4 is 0 Å². The van der Waals surface area contributed by atoms with Crippen LogP contribution in [0.2, 0.25) is 5.02 Å². The van der Waals surface area contributed by atoms with Gasteiger partial charge in [0, 0.05) is 14.4 Å². The van der Waals surface area contributed by atoms with Crippen molar-refractivity contribution in [2.24, 2.45) is 0 Å². The summed E-state index contributed by atoms with van der Waals surface area (Å²) in [4.78, 5) is 0.747. The minimum absolute atomic E-state index is 0.343. The lowest BCUT2D eigenvalue weighted by Crippen LogP contribution is -2.24. The van der Waals surface area contributed by atoms with E-state index < -0.39 is 11.2 Å².